The van der Waals surface area contributed by atoms with E-state index in [1.807, 2.05) is 0 Å². The summed E-state index contributed by atoms with van der Waals surface area (Å²) in [5.41, 5.74) is -0.0278. The van der Waals surface area contributed by atoms with E-state index >= 15 is 0 Å². The fraction of sp³-hybridized carbons (Fsp3) is 0.684. The summed E-state index contributed by atoms with van der Waals surface area (Å²) in [7, 11) is 1.47. The predicted octanol–water partition coefficient (Wildman–Crippen LogP) is 1.14. The van der Waals surface area contributed by atoms with Gasteiger partial charge in [-0.3, -0.25) is 19.4 Å². The van der Waals surface area contributed by atoms with Crippen LogP contribution < -0.4 is 10.2 Å². The number of fused-ring (bicyclic) bond motifs is 1. The van der Waals surface area contributed by atoms with Crippen molar-refractivity contribution in [3.05, 3.63) is 28.2 Å². The fourth-order valence-corrected chi connectivity index (χ4v) is 5.17. The number of H-pyrrole nitrogens is 1. The lowest BCUT2D eigenvalue weighted by atomic mass is 9.81. The summed E-state index contributed by atoms with van der Waals surface area (Å²) < 4.78 is 5.00. The van der Waals surface area contributed by atoms with Gasteiger partial charge in [-0.15, -0.1) is 0 Å². The van der Waals surface area contributed by atoms with Crippen molar-refractivity contribution in [3.8, 4) is 5.75 Å². The van der Waals surface area contributed by atoms with Gasteiger partial charge in [0.15, 0.2) is 5.75 Å². The van der Waals surface area contributed by atoms with E-state index in [0.29, 0.717) is 31.4 Å². The number of hydrogen-bond acceptors (Lipinski definition) is 5. The number of aromatic amines is 1. The molecule has 142 valence electrons. The van der Waals surface area contributed by atoms with Crippen molar-refractivity contribution >= 4 is 5.97 Å². The van der Waals surface area contributed by atoms with Gasteiger partial charge in [0.05, 0.1) is 12.5 Å². The first-order chi connectivity index (χ1) is 12.5. The second kappa shape index (κ2) is 6.70. The number of nitrogens with one attached hydrogen (secondary N) is 1. The van der Waals surface area contributed by atoms with E-state index in [1.165, 1.54) is 32.8 Å². The van der Waals surface area contributed by atoms with Crippen LogP contribution in [-0.4, -0.2) is 65.2 Å². The van der Waals surface area contributed by atoms with E-state index in [2.05, 4.69) is 14.8 Å². The Labute approximate surface area is 152 Å². The largest absolute Gasteiger partial charge is 0.491 e. The highest BCUT2D eigenvalue weighted by Gasteiger charge is 2.58. The molecule has 1 aliphatic carbocycles. The van der Waals surface area contributed by atoms with Gasteiger partial charge in [0, 0.05) is 62.6 Å². The van der Waals surface area contributed by atoms with Crippen LogP contribution in [-0.2, 0) is 11.3 Å². The highest BCUT2D eigenvalue weighted by molar-refractivity contribution is 5.77. The third kappa shape index (κ3) is 2.93. The number of pyridine rings is 1. The average molecular weight is 361 g/mol. The van der Waals surface area contributed by atoms with Crippen LogP contribution in [0.15, 0.2) is 17.1 Å². The minimum absolute atomic E-state index is 0.152. The second-order valence-corrected chi connectivity index (χ2v) is 8.09. The number of ether oxygens (including phenoxy) is 1. The Kier molecular flexibility index (Phi) is 4.52. The zero-order chi connectivity index (χ0) is 18.3. The zero-order valence-corrected chi connectivity index (χ0v) is 15.2. The third-order valence-corrected chi connectivity index (χ3v) is 6.52. The molecule has 2 saturated heterocycles. The van der Waals surface area contributed by atoms with Crippen molar-refractivity contribution in [3.63, 3.8) is 0 Å². The Morgan fingerprint density at radius 1 is 1.35 bits per heavy atom. The Bertz CT molecular complexity index is 743. The summed E-state index contributed by atoms with van der Waals surface area (Å²) in [6.45, 7) is 3.42. The van der Waals surface area contributed by atoms with E-state index in [-0.39, 0.29) is 11.3 Å². The molecule has 1 aromatic rings. The van der Waals surface area contributed by atoms with Crippen LogP contribution in [0.1, 0.15) is 31.4 Å². The van der Waals surface area contributed by atoms with Crippen LogP contribution in [0.3, 0.4) is 0 Å². The average Bonchev–Trinajstić information content (AvgIpc) is 3.29. The number of aliphatic carboxylic acids is 1. The van der Waals surface area contributed by atoms with Crippen LogP contribution in [0.25, 0.3) is 0 Å². The molecule has 2 N–H and O–H groups in total. The standard InChI is InChI=1S/C19H27N3O4/c1-26-17-7-20-14(6-16(17)23)10-21-8-13-9-22(15-4-2-3-5-15)12-19(13,11-21)18(24)25/h6-7,13,15H,2-5,8-12H2,1H3,(H,20,23)(H,24,25). The van der Waals surface area contributed by atoms with E-state index in [4.69, 9.17) is 4.74 Å². The van der Waals surface area contributed by atoms with Crippen molar-refractivity contribution in [2.24, 2.45) is 11.3 Å². The number of hydrogen-bond donors (Lipinski definition) is 2. The molecule has 2 atom stereocenters. The first kappa shape index (κ1) is 17.5. The first-order valence-corrected chi connectivity index (χ1v) is 9.47. The molecule has 0 radical (unpaired) electrons. The summed E-state index contributed by atoms with van der Waals surface area (Å²) >= 11 is 0. The molecule has 0 spiro atoms. The van der Waals surface area contributed by atoms with Crippen molar-refractivity contribution in [1.82, 2.24) is 14.8 Å². The maximum Gasteiger partial charge on any atom is 0.312 e. The van der Waals surface area contributed by atoms with Crippen LogP contribution in [0.5, 0.6) is 5.75 Å². The number of rotatable bonds is 5. The van der Waals surface area contributed by atoms with Crippen molar-refractivity contribution in [1.29, 1.82) is 0 Å². The quantitative estimate of drug-likeness (QED) is 0.818. The van der Waals surface area contributed by atoms with E-state index in [1.54, 1.807) is 12.3 Å². The van der Waals surface area contributed by atoms with E-state index in [9.17, 15) is 14.7 Å². The molecule has 3 heterocycles. The molecule has 0 bridgehead atoms. The lowest BCUT2D eigenvalue weighted by molar-refractivity contribution is -0.149. The molecule has 0 amide bonds. The SMILES string of the molecule is COc1c[nH]c(CN2CC3CN(C4CCCC4)CC3(C(=O)O)C2)cc1=O. The molecule has 7 nitrogen and oxygen atoms in total. The highest BCUT2D eigenvalue weighted by atomic mass is 16.5. The fourth-order valence-electron chi connectivity index (χ4n) is 5.17. The van der Waals surface area contributed by atoms with Crippen LogP contribution >= 0.6 is 0 Å². The number of carbonyl (C=O) groups is 1. The molecule has 3 aliphatic rings. The number of likely N-dealkylation sites (tertiary alicyclic amines) is 2. The third-order valence-electron chi connectivity index (χ3n) is 6.52. The Morgan fingerprint density at radius 3 is 2.73 bits per heavy atom. The first-order valence-electron chi connectivity index (χ1n) is 9.47. The number of aromatic nitrogens is 1. The molecule has 2 unspecified atom stereocenters. The maximum atomic E-state index is 12.2. The Hall–Kier alpha value is -1.86. The van der Waals surface area contributed by atoms with Gasteiger partial charge in [-0.25, -0.2) is 0 Å². The minimum atomic E-state index is -0.672. The van der Waals surface area contributed by atoms with Crippen molar-refractivity contribution in [2.75, 3.05) is 33.3 Å². The normalized spacial score (nSPS) is 30.0. The van der Waals surface area contributed by atoms with E-state index in [0.717, 1.165) is 18.8 Å². The number of carboxylic acids is 1. The summed E-state index contributed by atoms with van der Waals surface area (Å²) in [6.07, 6.45) is 6.52. The summed E-state index contributed by atoms with van der Waals surface area (Å²) in [4.78, 5) is 31.8. The topological polar surface area (TPSA) is 85.9 Å². The molecule has 0 aromatic carbocycles. The molecule has 2 aliphatic heterocycles. The molecule has 1 saturated carbocycles. The number of nitrogens with zero attached hydrogens (tertiary/aromatic N) is 2. The summed E-state index contributed by atoms with van der Waals surface area (Å²) in [5.74, 6) is -0.222. The van der Waals surface area contributed by atoms with Crippen LogP contribution in [0.4, 0.5) is 0 Å². The summed E-state index contributed by atoms with van der Waals surface area (Å²) in [6, 6.07) is 2.12. The molecule has 7 heteroatoms. The Balaban J connectivity index is 1.47. The lowest BCUT2D eigenvalue weighted by Gasteiger charge is -2.28. The molecule has 4 rings (SSSR count). The molecular weight excluding hydrogens is 334 g/mol. The summed E-state index contributed by atoms with van der Waals surface area (Å²) in [5, 5.41) is 10.0. The Morgan fingerprint density at radius 2 is 2.12 bits per heavy atom. The van der Waals surface area contributed by atoms with E-state index < -0.39 is 11.4 Å². The smallest absolute Gasteiger partial charge is 0.312 e. The molecule has 1 aromatic heterocycles. The van der Waals surface area contributed by atoms with Gasteiger partial charge < -0.3 is 14.8 Å². The van der Waals surface area contributed by atoms with Gasteiger partial charge >= 0.3 is 5.97 Å². The predicted molar refractivity (Wildman–Crippen MR) is 96.3 cm³/mol. The van der Waals surface area contributed by atoms with Gasteiger partial charge in [-0.1, -0.05) is 12.8 Å². The van der Waals surface area contributed by atoms with Crippen LogP contribution in [0, 0.1) is 11.3 Å². The lowest BCUT2D eigenvalue weighted by Crippen LogP contribution is -2.42. The van der Waals surface area contributed by atoms with Gasteiger partial charge in [0.2, 0.25) is 5.43 Å². The molecule has 3 fully saturated rings. The monoisotopic (exact) mass is 361 g/mol. The maximum absolute atomic E-state index is 12.2. The molecular formula is C19H27N3O4. The minimum Gasteiger partial charge on any atom is -0.491 e. The number of carboxylic acid groups (broad SMARTS) is 1. The van der Waals surface area contributed by atoms with Crippen molar-refractivity contribution < 1.29 is 14.6 Å². The van der Waals surface area contributed by atoms with Crippen molar-refractivity contribution in [2.45, 2.75) is 38.3 Å². The van der Waals surface area contributed by atoms with Gasteiger partial charge in [-0.05, 0) is 12.8 Å². The zero-order valence-electron chi connectivity index (χ0n) is 15.2. The molecule has 26 heavy (non-hydrogen) atoms. The van der Waals surface area contributed by atoms with Gasteiger partial charge in [-0.2, -0.15) is 0 Å². The second-order valence-electron chi connectivity index (χ2n) is 8.09. The number of methoxy groups -OCH3 is 1. The van der Waals surface area contributed by atoms with Gasteiger partial charge in [0.25, 0.3) is 0 Å². The van der Waals surface area contributed by atoms with Gasteiger partial charge in [0.1, 0.15) is 0 Å². The highest BCUT2D eigenvalue weighted by Crippen LogP contribution is 2.45. The van der Waals surface area contributed by atoms with Crippen LogP contribution in [0.2, 0.25) is 0 Å².